The summed E-state index contributed by atoms with van der Waals surface area (Å²) in [5, 5.41) is 6.46. The van der Waals surface area contributed by atoms with Crippen LogP contribution in [0, 0.1) is 0 Å². The highest BCUT2D eigenvalue weighted by atomic mass is 16.2. The van der Waals surface area contributed by atoms with E-state index in [0.29, 0.717) is 13.0 Å². The zero-order chi connectivity index (χ0) is 20.6. The minimum atomic E-state index is -0.131. The second kappa shape index (κ2) is 7.31. The van der Waals surface area contributed by atoms with E-state index in [4.69, 9.17) is 0 Å². The summed E-state index contributed by atoms with van der Waals surface area (Å²) < 4.78 is 0. The van der Waals surface area contributed by atoms with E-state index >= 15 is 0 Å². The Labute approximate surface area is 177 Å². The van der Waals surface area contributed by atoms with Crippen molar-refractivity contribution in [3.05, 3.63) is 83.5 Å². The van der Waals surface area contributed by atoms with Crippen molar-refractivity contribution in [2.75, 3.05) is 6.54 Å². The van der Waals surface area contributed by atoms with Gasteiger partial charge >= 0.3 is 6.03 Å². The Kier molecular flexibility index (Phi) is 4.61. The van der Waals surface area contributed by atoms with E-state index in [1.165, 1.54) is 11.1 Å². The van der Waals surface area contributed by atoms with Gasteiger partial charge in [-0.15, -0.1) is 0 Å². The summed E-state index contributed by atoms with van der Waals surface area (Å²) in [7, 11) is 0. The van der Waals surface area contributed by atoms with Crippen LogP contribution >= 0.6 is 0 Å². The van der Waals surface area contributed by atoms with Gasteiger partial charge in [0.1, 0.15) is 0 Å². The van der Waals surface area contributed by atoms with Crippen LogP contribution in [-0.4, -0.2) is 34.5 Å². The Morgan fingerprint density at radius 2 is 1.60 bits per heavy atom. The molecular formula is C25H27N3O2. The van der Waals surface area contributed by atoms with E-state index < -0.39 is 0 Å². The molecule has 0 radical (unpaired) electrons. The number of hydrogen-bond donors (Lipinski definition) is 2. The molecule has 1 heterocycles. The van der Waals surface area contributed by atoms with Crippen LogP contribution in [0.4, 0.5) is 4.79 Å². The van der Waals surface area contributed by atoms with Crippen molar-refractivity contribution in [1.82, 2.24) is 15.5 Å². The fourth-order valence-electron chi connectivity index (χ4n) is 5.28. The Morgan fingerprint density at radius 1 is 0.900 bits per heavy atom. The number of allylic oxidation sites excluding steroid dienone is 7. The lowest BCUT2D eigenvalue weighted by molar-refractivity contribution is -0.139. The van der Waals surface area contributed by atoms with Gasteiger partial charge in [0.25, 0.3) is 0 Å². The quantitative estimate of drug-likeness (QED) is 0.811. The SMILES string of the molecule is O=C(CC1=C/C=C\C=C/C=C\1)NC12CC(NC(=O)N3CCc4ccccc4C3)(C1)C2. The number of benzene rings is 1. The summed E-state index contributed by atoms with van der Waals surface area (Å²) in [5.41, 5.74) is 3.32. The van der Waals surface area contributed by atoms with Gasteiger partial charge < -0.3 is 15.5 Å². The van der Waals surface area contributed by atoms with Crippen LogP contribution in [0.1, 0.15) is 36.8 Å². The summed E-state index contributed by atoms with van der Waals surface area (Å²) in [6.45, 7) is 1.43. The van der Waals surface area contributed by atoms with Crippen molar-refractivity contribution < 1.29 is 9.59 Å². The Bertz CT molecular complexity index is 982. The van der Waals surface area contributed by atoms with E-state index in [1.807, 2.05) is 53.5 Å². The molecule has 1 aromatic rings. The predicted molar refractivity (Wildman–Crippen MR) is 117 cm³/mol. The molecule has 0 atom stereocenters. The lowest BCUT2D eigenvalue weighted by atomic mass is 9.44. The van der Waals surface area contributed by atoms with Crippen LogP contribution in [0.25, 0.3) is 0 Å². The number of fused-ring (bicyclic) bond motifs is 1. The maximum absolute atomic E-state index is 12.8. The molecule has 0 spiro atoms. The molecule has 3 saturated carbocycles. The number of carbonyl (C=O) groups excluding carboxylic acids is 2. The standard InChI is InChI=1S/C25H27N3O2/c29-22(14-19-8-4-2-1-3-5-9-19)26-24-16-25(17-24,18-24)27-23(30)28-13-12-20-10-6-7-11-21(20)15-28/h1-11H,12-18H2,(H,26,29)(H,27,30)/b2-1-,3-1?,4-2?,5-3-,8-4-,9-5?,19-8?,19-9+. The van der Waals surface area contributed by atoms with Gasteiger partial charge in [0, 0.05) is 24.2 Å². The van der Waals surface area contributed by atoms with Gasteiger partial charge in [-0.05, 0) is 42.4 Å². The third-order valence-corrected chi connectivity index (χ3v) is 6.65. The minimum Gasteiger partial charge on any atom is -0.350 e. The number of urea groups is 1. The van der Waals surface area contributed by atoms with E-state index in [9.17, 15) is 9.59 Å². The normalized spacial score (nSPS) is 33.2. The van der Waals surface area contributed by atoms with E-state index in [0.717, 1.165) is 37.8 Å². The monoisotopic (exact) mass is 401 g/mol. The molecule has 3 fully saturated rings. The van der Waals surface area contributed by atoms with Gasteiger partial charge in [-0.1, -0.05) is 66.8 Å². The highest BCUT2D eigenvalue weighted by molar-refractivity contribution is 5.82. The molecule has 30 heavy (non-hydrogen) atoms. The highest BCUT2D eigenvalue weighted by Crippen LogP contribution is 2.60. The molecule has 154 valence electrons. The van der Waals surface area contributed by atoms with E-state index in [1.54, 1.807) is 0 Å². The molecule has 5 heteroatoms. The molecule has 0 unspecified atom stereocenters. The van der Waals surface area contributed by atoms with Crippen molar-refractivity contribution in [2.24, 2.45) is 0 Å². The van der Waals surface area contributed by atoms with Crippen LogP contribution < -0.4 is 10.6 Å². The van der Waals surface area contributed by atoms with Gasteiger partial charge in [0.05, 0.1) is 6.42 Å². The van der Waals surface area contributed by atoms with Crippen molar-refractivity contribution in [2.45, 2.75) is 49.7 Å². The predicted octanol–water partition coefficient (Wildman–Crippen LogP) is 3.54. The molecule has 2 bridgehead atoms. The van der Waals surface area contributed by atoms with E-state index in [-0.39, 0.29) is 23.0 Å². The Morgan fingerprint density at radius 3 is 2.43 bits per heavy atom. The fraction of sp³-hybridized carbons (Fsp3) is 0.360. The van der Waals surface area contributed by atoms with Crippen LogP contribution in [0.5, 0.6) is 0 Å². The Balaban J connectivity index is 1.11. The molecular weight excluding hydrogens is 374 g/mol. The lowest BCUT2D eigenvalue weighted by Gasteiger charge is -2.70. The topological polar surface area (TPSA) is 61.4 Å². The first-order valence-corrected chi connectivity index (χ1v) is 10.7. The van der Waals surface area contributed by atoms with Gasteiger partial charge in [-0.25, -0.2) is 4.79 Å². The molecule has 2 N–H and O–H groups in total. The van der Waals surface area contributed by atoms with Gasteiger partial charge in [0.2, 0.25) is 5.91 Å². The van der Waals surface area contributed by atoms with Crippen LogP contribution in [-0.2, 0) is 17.8 Å². The zero-order valence-corrected chi connectivity index (χ0v) is 17.1. The highest BCUT2D eigenvalue weighted by Gasteiger charge is 2.69. The third-order valence-electron chi connectivity index (χ3n) is 6.65. The number of nitrogens with zero attached hydrogens (tertiary/aromatic N) is 1. The van der Waals surface area contributed by atoms with Crippen LogP contribution in [0.2, 0.25) is 0 Å². The van der Waals surface area contributed by atoms with Gasteiger partial charge in [0.15, 0.2) is 0 Å². The second-order valence-electron chi connectivity index (χ2n) is 9.06. The third kappa shape index (κ3) is 3.60. The number of nitrogens with one attached hydrogen (secondary N) is 2. The molecule has 0 aromatic heterocycles. The molecule has 5 nitrogen and oxygen atoms in total. The van der Waals surface area contributed by atoms with Crippen molar-refractivity contribution in [3.8, 4) is 0 Å². The Hall–Kier alpha value is -3.08. The maximum atomic E-state index is 12.8. The molecule has 4 aliphatic carbocycles. The molecule has 1 aliphatic heterocycles. The van der Waals surface area contributed by atoms with Crippen LogP contribution in [0.3, 0.4) is 0 Å². The summed E-state index contributed by atoms with van der Waals surface area (Å²) >= 11 is 0. The molecule has 5 aliphatic rings. The smallest absolute Gasteiger partial charge is 0.318 e. The number of hydrogen-bond acceptors (Lipinski definition) is 2. The maximum Gasteiger partial charge on any atom is 0.318 e. The van der Waals surface area contributed by atoms with Crippen molar-refractivity contribution in [1.29, 1.82) is 0 Å². The summed E-state index contributed by atoms with van der Waals surface area (Å²) in [6, 6.07) is 8.36. The minimum absolute atomic E-state index is 0.0220. The summed E-state index contributed by atoms with van der Waals surface area (Å²) in [5.74, 6) is 0.0520. The molecule has 3 amide bonds. The lowest BCUT2D eigenvalue weighted by Crippen LogP contribution is -2.84. The van der Waals surface area contributed by atoms with E-state index in [2.05, 4.69) is 28.8 Å². The first kappa shape index (κ1) is 18.9. The first-order valence-electron chi connectivity index (χ1n) is 10.7. The summed E-state index contributed by atoms with van der Waals surface area (Å²) in [4.78, 5) is 27.2. The average Bonchev–Trinajstić information content (AvgIpc) is 2.67. The molecule has 6 rings (SSSR count). The van der Waals surface area contributed by atoms with Crippen LogP contribution in [0.15, 0.2) is 72.4 Å². The number of rotatable bonds is 4. The first-order chi connectivity index (χ1) is 14.5. The number of carbonyl (C=O) groups is 2. The molecule has 1 aromatic carbocycles. The zero-order valence-electron chi connectivity index (χ0n) is 17.1. The van der Waals surface area contributed by atoms with Gasteiger partial charge in [-0.3, -0.25) is 4.79 Å². The average molecular weight is 402 g/mol. The molecule has 0 saturated heterocycles. The summed E-state index contributed by atoms with van der Waals surface area (Å²) in [6.07, 6.45) is 17.5. The fourth-order valence-corrected chi connectivity index (χ4v) is 5.28. The van der Waals surface area contributed by atoms with Gasteiger partial charge in [-0.2, -0.15) is 0 Å². The van der Waals surface area contributed by atoms with Crippen molar-refractivity contribution in [3.63, 3.8) is 0 Å². The largest absolute Gasteiger partial charge is 0.350 e. The van der Waals surface area contributed by atoms with Crippen molar-refractivity contribution >= 4 is 11.9 Å². The number of amides is 3. The second-order valence-corrected chi connectivity index (χ2v) is 9.06.